The maximum absolute atomic E-state index is 5.80. The number of nitrogens with zero attached hydrogens (tertiary/aromatic N) is 1. The number of nitrogens with two attached hydrogens (primary N) is 1. The second-order valence-electron chi connectivity index (χ2n) is 4.75. The van der Waals surface area contributed by atoms with Crippen molar-refractivity contribution in [2.45, 2.75) is 13.5 Å². The van der Waals surface area contributed by atoms with Gasteiger partial charge in [0.05, 0.1) is 11.2 Å². The number of aryl methyl sites for hydroxylation is 1. The fourth-order valence-corrected chi connectivity index (χ4v) is 2.33. The Morgan fingerprint density at radius 1 is 1.00 bits per heavy atom. The SMILES string of the molecule is Cc1ccc2ccc(-c3ccccc3CN)nc2c1. The Balaban J connectivity index is 2.20. The summed E-state index contributed by atoms with van der Waals surface area (Å²) in [4.78, 5) is 4.76. The summed E-state index contributed by atoms with van der Waals surface area (Å²) >= 11 is 0. The van der Waals surface area contributed by atoms with Crippen molar-refractivity contribution in [3.8, 4) is 11.3 Å². The van der Waals surface area contributed by atoms with E-state index in [0.29, 0.717) is 6.54 Å². The zero-order valence-electron chi connectivity index (χ0n) is 10.9. The first-order chi connectivity index (χ1) is 9.28. The van der Waals surface area contributed by atoms with Crippen LogP contribution in [0.2, 0.25) is 0 Å². The van der Waals surface area contributed by atoms with Crippen LogP contribution < -0.4 is 5.73 Å². The van der Waals surface area contributed by atoms with E-state index in [0.717, 1.165) is 22.3 Å². The molecular formula is C17H16N2. The standard InChI is InChI=1S/C17H16N2/c1-12-6-7-13-8-9-16(19-17(13)10-12)15-5-3-2-4-14(15)11-18/h2-10H,11,18H2,1H3. The van der Waals surface area contributed by atoms with Crippen LogP contribution in [0, 0.1) is 6.92 Å². The van der Waals surface area contributed by atoms with Crippen molar-refractivity contribution in [2.24, 2.45) is 5.73 Å². The second-order valence-corrected chi connectivity index (χ2v) is 4.75. The smallest absolute Gasteiger partial charge is 0.0712 e. The zero-order chi connectivity index (χ0) is 13.2. The lowest BCUT2D eigenvalue weighted by atomic mass is 10.0. The van der Waals surface area contributed by atoms with Gasteiger partial charge in [0.25, 0.3) is 0 Å². The summed E-state index contributed by atoms with van der Waals surface area (Å²) in [6, 6.07) is 18.7. The third kappa shape index (κ3) is 2.23. The molecular weight excluding hydrogens is 232 g/mol. The van der Waals surface area contributed by atoms with E-state index in [1.165, 1.54) is 10.9 Å². The molecule has 0 atom stereocenters. The highest BCUT2D eigenvalue weighted by Crippen LogP contribution is 2.24. The fraction of sp³-hybridized carbons (Fsp3) is 0.118. The molecule has 0 aliphatic heterocycles. The Morgan fingerprint density at radius 3 is 2.63 bits per heavy atom. The van der Waals surface area contributed by atoms with Gasteiger partial charge >= 0.3 is 0 Å². The predicted molar refractivity (Wildman–Crippen MR) is 79.8 cm³/mol. The highest BCUT2D eigenvalue weighted by atomic mass is 14.7. The molecule has 0 amide bonds. The van der Waals surface area contributed by atoms with Gasteiger partial charge in [0, 0.05) is 17.5 Å². The van der Waals surface area contributed by atoms with Gasteiger partial charge < -0.3 is 5.73 Å². The summed E-state index contributed by atoms with van der Waals surface area (Å²) in [6.45, 7) is 2.62. The first-order valence-electron chi connectivity index (χ1n) is 6.44. The number of benzene rings is 2. The number of hydrogen-bond acceptors (Lipinski definition) is 2. The zero-order valence-corrected chi connectivity index (χ0v) is 10.9. The molecule has 19 heavy (non-hydrogen) atoms. The summed E-state index contributed by atoms with van der Waals surface area (Å²) in [5.74, 6) is 0. The summed E-state index contributed by atoms with van der Waals surface area (Å²) in [5, 5.41) is 1.17. The molecule has 0 unspecified atom stereocenters. The van der Waals surface area contributed by atoms with E-state index in [1.54, 1.807) is 0 Å². The molecule has 1 aromatic heterocycles. The molecule has 94 valence electrons. The lowest BCUT2D eigenvalue weighted by molar-refractivity contribution is 1.07. The Morgan fingerprint density at radius 2 is 1.79 bits per heavy atom. The van der Waals surface area contributed by atoms with E-state index < -0.39 is 0 Å². The van der Waals surface area contributed by atoms with Gasteiger partial charge in [-0.25, -0.2) is 4.98 Å². The van der Waals surface area contributed by atoms with Crippen LogP contribution in [0.25, 0.3) is 22.2 Å². The van der Waals surface area contributed by atoms with Gasteiger partial charge in [-0.2, -0.15) is 0 Å². The van der Waals surface area contributed by atoms with E-state index in [2.05, 4.69) is 49.4 Å². The highest BCUT2D eigenvalue weighted by molar-refractivity contribution is 5.82. The third-order valence-corrected chi connectivity index (χ3v) is 3.36. The average Bonchev–Trinajstić information content (AvgIpc) is 2.46. The molecule has 0 bridgehead atoms. The number of rotatable bonds is 2. The lowest BCUT2D eigenvalue weighted by Gasteiger charge is -2.08. The van der Waals surface area contributed by atoms with E-state index in [-0.39, 0.29) is 0 Å². The van der Waals surface area contributed by atoms with Gasteiger partial charge in [0.1, 0.15) is 0 Å². The molecule has 3 rings (SSSR count). The van der Waals surface area contributed by atoms with Crippen LogP contribution in [0.5, 0.6) is 0 Å². The van der Waals surface area contributed by atoms with E-state index in [1.807, 2.05) is 12.1 Å². The Kier molecular flexibility index (Phi) is 3.02. The van der Waals surface area contributed by atoms with Gasteiger partial charge in [-0.05, 0) is 30.2 Å². The minimum atomic E-state index is 0.531. The first kappa shape index (κ1) is 11.9. The molecule has 2 N–H and O–H groups in total. The maximum atomic E-state index is 5.80. The minimum absolute atomic E-state index is 0.531. The van der Waals surface area contributed by atoms with Gasteiger partial charge in [0.15, 0.2) is 0 Å². The molecule has 0 spiro atoms. The molecule has 0 aliphatic carbocycles. The average molecular weight is 248 g/mol. The molecule has 2 nitrogen and oxygen atoms in total. The van der Waals surface area contributed by atoms with Crippen LogP contribution in [0.1, 0.15) is 11.1 Å². The fourth-order valence-electron chi connectivity index (χ4n) is 2.33. The molecule has 0 fully saturated rings. The summed E-state index contributed by atoms with van der Waals surface area (Å²) < 4.78 is 0. The Bertz CT molecular complexity index is 732. The monoisotopic (exact) mass is 248 g/mol. The van der Waals surface area contributed by atoms with Crippen molar-refractivity contribution in [3.63, 3.8) is 0 Å². The Hall–Kier alpha value is -2.19. The van der Waals surface area contributed by atoms with Gasteiger partial charge in [0.2, 0.25) is 0 Å². The number of fused-ring (bicyclic) bond motifs is 1. The molecule has 0 radical (unpaired) electrons. The van der Waals surface area contributed by atoms with E-state index >= 15 is 0 Å². The van der Waals surface area contributed by atoms with Crippen LogP contribution in [0.3, 0.4) is 0 Å². The van der Waals surface area contributed by atoms with Crippen molar-refractivity contribution in [2.75, 3.05) is 0 Å². The van der Waals surface area contributed by atoms with Crippen molar-refractivity contribution in [1.82, 2.24) is 4.98 Å². The molecule has 0 saturated heterocycles. The number of pyridine rings is 1. The lowest BCUT2D eigenvalue weighted by Crippen LogP contribution is -1.99. The molecule has 3 aromatic rings. The van der Waals surface area contributed by atoms with Crippen molar-refractivity contribution >= 4 is 10.9 Å². The van der Waals surface area contributed by atoms with Crippen LogP contribution in [0.15, 0.2) is 54.6 Å². The Labute approximate surface area is 112 Å². The molecule has 2 heteroatoms. The quantitative estimate of drug-likeness (QED) is 0.751. The first-order valence-corrected chi connectivity index (χ1v) is 6.44. The highest BCUT2D eigenvalue weighted by Gasteiger charge is 2.05. The van der Waals surface area contributed by atoms with Crippen molar-refractivity contribution in [3.05, 3.63) is 65.7 Å². The van der Waals surface area contributed by atoms with Gasteiger partial charge in [-0.15, -0.1) is 0 Å². The predicted octanol–water partition coefficient (Wildman–Crippen LogP) is 3.67. The summed E-state index contributed by atoms with van der Waals surface area (Å²) in [5.41, 5.74) is 11.3. The molecule has 1 heterocycles. The molecule has 2 aromatic carbocycles. The number of aromatic nitrogens is 1. The summed E-state index contributed by atoms with van der Waals surface area (Å²) in [6.07, 6.45) is 0. The van der Waals surface area contributed by atoms with E-state index in [9.17, 15) is 0 Å². The normalized spacial score (nSPS) is 10.8. The molecule has 0 saturated carbocycles. The van der Waals surface area contributed by atoms with E-state index in [4.69, 9.17) is 10.7 Å². The minimum Gasteiger partial charge on any atom is -0.326 e. The van der Waals surface area contributed by atoms with Crippen molar-refractivity contribution in [1.29, 1.82) is 0 Å². The number of hydrogen-bond donors (Lipinski definition) is 1. The largest absolute Gasteiger partial charge is 0.326 e. The second kappa shape index (κ2) is 4.82. The molecule has 0 aliphatic rings. The van der Waals surface area contributed by atoms with Crippen molar-refractivity contribution < 1.29 is 0 Å². The topological polar surface area (TPSA) is 38.9 Å². The summed E-state index contributed by atoms with van der Waals surface area (Å²) in [7, 11) is 0. The van der Waals surface area contributed by atoms with Crippen LogP contribution in [-0.2, 0) is 6.54 Å². The van der Waals surface area contributed by atoms with Crippen LogP contribution in [0.4, 0.5) is 0 Å². The maximum Gasteiger partial charge on any atom is 0.0712 e. The van der Waals surface area contributed by atoms with Crippen LogP contribution >= 0.6 is 0 Å². The van der Waals surface area contributed by atoms with Crippen LogP contribution in [-0.4, -0.2) is 4.98 Å². The van der Waals surface area contributed by atoms with Gasteiger partial charge in [-0.1, -0.05) is 42.5 Å². The third-order valence-electron chi connectivity index (χ3n) is 3.36. The van der Waals surface area contributed by atoms with Gasteiger partial charge in [-0.3, -0.25) is 0 Å².